The van der Waals surface area contributed by atoms with Crippen LogP contribution < -0.4 is 10.5 Å². The number of hydrogen-bond donors (Lipinski definition) is 1. The fourth-order valence-corrected chi connectivity index (χ4v) is 1.87. The molecule has 3 nitrogen and oxygen atoms in total. The summed E-state index contributed by atoms with van der Waals surface area (Å²) in [6.45, 7) is 3.85. The lowest BCUT2D eigenvalue weighted by Gasteiger charge is -2.10. The summed E-state index contributed by atoms with van der Waals surface area (Å²) in [5.41, 5.74) is 6.47. The van der Waals surface area contributed by atoms with Crippen molar-refractivity contribution in [2.45, 2.75) is 20.0 Å². The van der Waals surface area contributed by atoms with E-state index in [0.29, 0.717) is 11.3 Å². The molecule has 0 saturated heterocycles. The standard InChI is InChI=1S/C16H16FNO2/c1-10(2)20-15-5-3-11(4-6-15)16(19)12-7-13(17)9-14(18)8-12/h3-10H,18H2,1-2H3. The van der Waals surface area contributed by atoms with Gasteiger partial charge in [-0.25, -0.2) is 4.39 Å². The molecule has 0 bridgehead atoms. The minimum Gasteiger partial charge on any atom is -0.491 e. The largest absolute Gasteiger partial charge is 0.491 e. The van der Waals surface area contributed by atoms with Gasteiger partial charge in [-0.15, -0.1) is 0 Å². The van der Waals surface area contributed by atoms with Crippen molar-refractivity contribution in [2.24, 2.45) is 0 Å². The number of nitrogens with two attached hydrogens (primary N) is 1. The fourth-order valence-electron chi connectivity index (χ4n) is 1.87. The molecule has 0 amide bonds. The third-order valence-electron chi connectivity index (χ3n) is 2.67. The molecule has 0 saturated carbocycles. The summed E-state index contributed by atoms with van der Waals surface area (Å²) in [7, 11) is 0. The number of ketones is 1. The van der Waals surface area contributed by atoms with Crippen LogP contribution in [0, 0.1) is 5.82 Å². The van der Waals surface area contributed by atoms with E-state index in [9.17, 15) is 9.18 Å². The van der Waals surface area contributed by atoms with Crippen molar-refractivity contribution in [3.05, 3.63) is 59.4 Å². The Hall–Kier alpha value is -2.36. The van der Waals surface area contributed by atoms with E-state index in [-0.39, 0.29) is 23.1 Å². The van der Waals surface area contributed by atoms with Crippen LogP contribution in [-0.4, -0.2) is 11.9 Å². The van der Waals surface area contributed by atoms with Crippen LogP contribution in [0.3, 0.4) is 0 Å². The number of benzene rings is 2. The second-order valence-corrected chi connectivity index (χ2v) is 4.79. The molecule has 0 unspecified atom stereocenters. The highest BCUT2D eigenvalue weighted by molar-refractivity contribution is 6.09. The summed E-state index contributed by atoms with van der Waals surface area (Å²) in [5, 5.41) is 0. The van der Waals surface area contributed by atoms with Crippen LogP contribution in [0.1, 0.15) is 29.8 Å². The molecule has 0 spiro atoms. The van der Waals surface area contributed by atoms with Crippen molar-refractivity contribution in [1.29, 1.82) is 0 Å². The number of carbonyl (C=O) groups is 1. The van der Waals surface area contributed by atoms with Crippen molar-refractivity contribution in [1.82, 2.24) is 0 Å². The SMILES string of the molecule is CC(C)Oc1ccc(C(=O)c2cc(N)cc(F)c2)cc1. The van der Waals surface area contributed by atoms with Gasteiger partial charge in [0.2, 0.25) is 0 Å². The van der Waals surface area contributed by atoms with Crippen LogP contribution in [0.2, 0.25) is 0 Å². The number of halogens is 1. The van der Waals surface area contributed by atoms with Crippen LogP contribution >= 0.6 is 0 Å². The average Bonchev–Trinajstić information content (AvgIpc) is 2.37. The molecule has 2 aromatic rings. The molecule has 20 heavy (non-hydrogen) atoms. The molecule has 2 N–H and O–H groups in total. The number of hydrogen-bond acceptors (Lipinski definition) is 3. The first-order chi connectivity index (χ1) is 9.45. The molecule has 0 heterocycles. The lowest BCUT2D eigenvalue weighted by atomic mass is 10.0. The van der Waals surface area contributed by atoms with Crippen molar-refractivity contribution in [2.75, 3.05) is 5.73 Å². The minimum absolute atomic E-state index is 0.0690. The molecule has 0 radical (unpaired) electrons. The van der Waals surface area contributed by atoms with Gasteiger partial charge >= 0.3 is 0 Å². The van der Waals surface area contributed by atoms with E-state index in [0.717, 1.165) is 0 Å². The first kappa shape index (κ1) is 14.1. The number of ether oxygens (including phenoxy) is 1. The number of anilines is 1. The van der Waals surface area contributed by atoms with Gasteiger partial charge in [0.15, 0.2) is 5.78 Å². The zero-order valence-electron chi connectivity index (χ0n) is 11.4. The molecule has 0 atom stereocenters. The van der Waals surface area contributed by atoms with Gasteiger partial charge in [0.25, 0.3) is 0 Å². The maximum absolute atomic E-state index is 13.3. The average molecular weight is 273 g/mol. The second kappa shape index (κ2) is 5.74. The minimum atomic E-state index is -0.520. The maximum Gasteiger partial charge on any atom is 0.193 e. The van der Waals surface area contributed by atoms with Gasteiger partial charge in [0.05, 0.1) is 6.10 Å². The Morgan fingerprint density at radius 1 is 1.10 bits per heavy atom. The summed E-state index contributed by atoms with van der Waals surface area (Å²) in [6.07, 6.45) is 0.0690. The van der Waals surface area contributed by atoms with Crippen LogP contribution in [-0.2, 0) is 0 Å². The van der Waals surface area contributed by atoms with Gasteiger partial charge in [-0.2, -0.15) is 0 Å². The number of rotatable bonds is 4. The van der Waals surface area contributed by atoms with E-state index in [1.165, 1.54) is 18.2 Å². The summed E-state index contributed by atoms with van der Waals surface area (Å²) < 4.78 is 18.8. The number of carbonyl (C=O) groups excluding carboxylic acids is 1. The molecule has 0 aliphatic rings. The molecule has 0 fully saturated rings. The molecule has 0 aromatic heterocycles. The maximum atomic E-state index is 13.3. The van der Waals surface area contributed by atoms with Crippen molar-refractivity contribution in [3.63, 3.8) is 0 Å². The van der Waals surface area contributed by atoms with Gasteiger partial charge in [-0.05, 0) is 56.3 Å². The van der Waals surface area contributed by atoms with E-state index in [4.69, 9.17) is 10.5 Å². The Morgan fingerprint density at radius 2 is 1.75 bits per heavy atom. The third kappa shape index (κ3) is 3.35. The molecular weight excluding hydrogens is 257 g/mol. The van der Waals surface area contributed by atoms with Gasteiger partial charge in [0, 0.05) is 16.8 Å². The first-order valence-electron chi connectivity index (χ1n) is 6.33. The smallest absolute Gasteiger partial charge is 0.193 e. The molecule has 2 aromatic carbocycles. The highest BCUT2D eigenvalue weighted by Gasteiger charge is 2.11. The molecule has 0 aliphatic carbocycles. The van der Waals surface area contributed by atoms with E-state index in [1.54, 1.807) is 24.3 Å². The monoisotopic (exact) mass is 273 g/mol. The molecule has 4 heteroatoms. The summed E-state index contributed by atoms with van der Waals surface area (Å²) >= 11 is 0. The summed E-state index contributed by atoms with van der Waals surface area (Å²) in [4.78, 5) is 12.2. The Morgan fingerprint density at radius 3 is 2.30 bits per heavy atom. The zero-order chi connectivity index (χ0) is 14.7. The summed E-state index contributed by atoms with van der Waals surface area (Å²) in [6, 6.07) is 10.6. The van der Waals surface area contributed by atoms with E-state index < -0.39 is 5.82 Å². The molecular formula is C16H16FNO2. The van der Waals surface area contributed by atoms with Crippen LogP contribution in [0.25, 0.3) is 0 Å². The second-order valence-electron chi connectivity index (χ2n) is 4.79. The van der Waals surface area contributed by atoms with Gasteiger partial charge in [-0.1, -0.05) is 0 Å². The lowest BCUT2D eigenvalue weighted by Crippen LogP contribution is -2.06. The summed E-state index contributed by atoms with van der Waals surface area (Å²) in [5.74, 6) is -0.101. The van der Waals surface area contributed by atoms with Crippen LogP contribution in [0.4, 0.5) is 10.1 Å². The van der Waals surface area contributed by atoms with Gasteiger partial charge in [0.1, 0.15) is 11.6 Å². The quantitative estimate of drug-likeness (QED) is 0.686. The van der Waals surface area contributed by atoms with Crippen LogP contribution in [0.5, 0.6) is 5.75 Å². The van der Waals surface area contributed by atoms with Gasteiger partial charge < -0.3 is 10.5 Å². The molecule has 104 valence electrons. The Kier molecular flexibility index (Phi) is 4.03. The topological polar surface area (TPSA) is 52.3 Å². The fraction of sp³-hybridized carbons (Fsp3) is 0.188. The normalized spacial score (nSPS) is 10.6. The van der Waals surface area contributed by atoms with Crippen molar-refractivity contribution in [3.8, 4) is 5.75 Å². The van der Waals surface area contributed by atoms with Crippen molar-refractivity contribution < 1.29 is 13.9 Å². The first-order valence-corrected chi connectivity index (χ1v) is 6.33. The van der Waals surface area contributed by atoms with E-state index in [1.807, 2.05) is 13.8 Å². The van der Waals surface area contributed by atoms with Crippen LogP contribution in [0.15, 0.2) is 42.5 Å². The van der Waals surface area contributed by atoms with Crippen molar-refractivity contribution >= 4 is 11.5 Å². The molecule has 2 rings (SSSR count). The van der Waals surface area contributed by atoms with Gasteiger partial charge in [-0.3, -0.25) is 4.79 Å². The zero-order valence-corrected chi connectivity index (χ0v) is 11.4. The van der Waals surface area contributed by atoms with E-state index >= 15 is 0 Å². The van der Waals surface area contributed by atoms with E-state index in [2.05, 4.69) is 0 Å². The Bertz CT molecular complexity index is 601. The highest BCUT2D eigenvalue weighted by Crippen LogP contribution is 2.18. The predicted molar refractivity (Wildman–Crippen MR) is 76.5 cm³/mol. The molecule has 0 aliphatic heterocycles. The Balaban J connectivity index is 2.24. The lowest BCUT2D eigenvalue weighted by molar-refractivity contribution is 0.103. The number of nitrogen functional groups attached to an aromatic ring is 1. The third-order valence-corrected chi connectivity index (χ3v) is 2.67. The highest BCUT2D eigenvalue weighted by atomic mass is 19.1. The predicted octanol–water partition coefficient (Wildman–Crippen LogP) is 3.43. The Labute approximate surface area is 117 Å².